The molecule has 1 amide bonds. The van der Waals surface area contributed by atoms with E-state index in [0.717, 1.165) is 27.2 Å². The summed E-state index contributed by atoms with van der Waals surface area (Å²) in [6.45, 7) is 2.80. The summed E-state index contributed by atoms with van der Waals surface area (Å²) in [4.78, 5) is 12.4. The lowest BCUT2D eigenvalue weighted by Crippen LogP contribution is -2.23. The summed E-state index contributed by atoms with van der Waals surface area (Å²) >= 11 is 8.77. The molecule has 0 aliphatic carbocycles. The second-order valence-electron chi connectivity index (χ2n) is 7.17. The first kappa shape index (κ1) is 21.3. The summed E-state index contributed by atoms with van der Waals surface area (Å²) in [7, 11) is 0. The van der Waals surface area contributed by atoms with Gasteiger partial charge in [-0.1, -0.05) is 57.9 Å². The molecule has 2 N–H and O–H groups in total. The number of aromatic nitrogens is 3. The lowest BCUT2D eigenvalue weighted by Gasteiger charge is -2.08. The van der Waals surface area contributed by atoms with Crippen LogP contribution in [0.3, 0.4) is 0 Å². The molecule has 2 aromatic carbocycles. The van der Waals surface area contributed by atoms with Gasteiger partial charge < -0.3 is 9.73 Å². The van der Waals surface area contributed by atoms with Crippen molar-refractivity contribution >= 4 is 34.1 Å². The highest BCUT2D eigenvalue weighted by Crippen LogP contribution is 2.24. The highest BCUT2D eigenvalue weighted by atomic mass is 79.9. The Morgan fingerprint density at radius 1 is 1.10 bits per heavy atom. The Bertz CT molecular complexity index is 1240. The Morgan fingerprint density at radius 3 is 2.55 bits per heavy atom. The third-order valence-electron chi connectivity index (χ3n) is 4.88. The molecule has 2 aromatic heterocycles. The molecule has 4 rings (SSSR count). The molecule has 0 aliphatic rings. The molecular formula is C23H21BrN4O2S. The van der Waals surface area contributed by atoms with E-state index in [1.165, 1.54) is 5.56 Å². The number of carbonyl (C=O) groups is 1. The van der Waals surface area contributed by atoms with Gasteiger partial charge in [-0.05, 0) is 43.4 Å². The smallest absolute Gasteiger partial charge is 0.222 e. The number of benzene rings is 2. The van der Waals surface area contributed by atoms with E-state index < -0.39 is 0 Å². The van der Waals surface area contributed by atoms with E-state index in [4.69, 9.17) is 16.6 Å². The van der Waals surface area contributed by atoms with Crippen LogP contribution in [0.4, 0.5) is 0 Å². The molecule has 0 unspecified atom stereocenters. The summed E-state index contributed by atoms with van der Waals surface area (Å²) in [5.74, 6) is 2.11. The molecule has 0 spiro atoms. The van der Waals surface area contributed by atoms with Crippen molar-refractivity contribution in [2.75, 3.05) is 0 Å². The summed E-state index contributed by atoms with van der Waals surface area (Å²) < 4.78 is 9.20. The fourth-order valence-electron chi connectivity index (χ4n) is 3.18. The summed E-state index contributed by atoms with van der Waals surface area (Å²) in [5.41, 5.74) is 3.11. The zero-order valence-electron chi connectivity index (χ0n) is 16.9. The van der Waals surface area contributed by atoms with Crippen LogP contribution in [0.15, 0.2) is 69.6 Å². The van der Waals surface area contributed by atoms with E-state index in [1.54, 1.807) is 0 Å². The van der Waals surface area contributed by atoms with Gasteiger partial charge in [0, 0.05) is 28.6 Å². The largest absolute Gasteiger partial charge is 0.459 e. The van der Waals surface area contributed by atoms with Crippen LogP contribution in [0, 0.1) is 11.7 Å². The third-order valence-corrected chi connectivity index (χ3v) is 5.72. The zero-order valence-corrected chi connectivity index (χ0v) is 19.3. The number of aryl methyl sites for hydroxylation is 1. The Balaban J connectivity index is 1.34. The molecule has 31 heavy (non-hydrogen) atoms. The minimum absolute atomic E-state index is 0.0838. The minimum atomic E-state index is -0.0838. The minimum Gasteiger partial charge on any atom is -0.459 e. The summed E-state index contributed by atoms with van der Waals surface area (Å²) in [6, 6.07) is 19.7. The molecule has 6 nitrogen and oxygen atoms in total. The molecule has 2 heterocycles. The number of H-pyrrole nitrogens is 1. The number of amides is 1. The van der Waals surface area contributed by atoms with Gasteiger partial charge in [-0.15, -0.1) is 0 Å². The van der Waals surface area contributed by atoms with E-state index >= 15 is 0 Å². The van der Waals surface area contributed by atoms with Crippen molar-refractivity contribution in [1.82, 2.24) is 20.1 Å². The molecular weight excluding hydrogens is 476 g/mol. The lowest BCUT2D eigenvalue weighted by atomic mass is 10.1. The molecule has 8 heteroatoms. The van der Waals surface area contributed by atoms with Crippen molar-refractivity contribution in [1.29, 1.82) is 0 Å². The topological polar surface area (TPSA) is 75.8 Å². The van der Waals surface area contributed by atoms with Crippen molar-refractivity contribution in [3.63, 3.8) is 0 Å². The first-order chi connectivity index (χ1) is 15.0. The van der Waals surface area contributed by atoms with Crippen LogP contribution in [0.2, 0.25) is 0 Å². The van der Waals surface area contributed by atoms with Crippen molar-refractivity contribution in [2.45, 2.75) is 26.4 Å². The number of halogens is 1. The Kier molecular flexibility index (Phi) is 6.48. The van der Waals surface area contributed by atoms with Gasteiger partial charge in [0.2, 0.25) is 5.91 Å². The maximum absolute atomic E-state index is 12.4. The number of furan rings is 1. The van der Waals surface area contributed by atoms with Crippen LogP contribution in [-0.2, 0) is 17.9 Å². The van der Waals surface area contributed by atoms with Gasteiger partial charge in [-0.2, -0.15) is 5.10 Å². The predicted molar refractivity (Wildman–Crippen MR) is 126 cm³/mol. The van der Waals surface area contributed by atoms with Gasteiger partial charge in [-0.25, -0.2) is 0 Å². The number of nitrogens with one attached hydrogen (secondary N) is 2. The van der Waals surface area contributed by atoms with E-state index in [0.29, 0.717) is 23.6 Å². The average Bonchev–Trinajstić information content (AvgIpc) is 3.39. The molecule has 0 aliphatic heterocycles. The van der Waals surface area contributed by atoms with Gasteiger partial charge in [0.25, 0.3) is 0 Å². The predicted octanol–water partition coefficient (Wildman–Crippen LogP) is 5.65. The number of rotatable bonds is 7. The van der Waals surface area contributed by atoms with E-state index in [9.17, 15) is 4.79 Å². The monoisotopic (exact) mass is 496 g/mol. The SMILES string of the molecule is Cc1ccc(-c2n[nH]c(=S)n2CCC(=O)NCc2ccc(-c3ccc(Br)cc3)o2)cc1. The maximum Gasteiger partial charge on any atom is 0.222 e. The van der Waals surface area contributed by atoms with Crippen LogP contribution in [0.1, 0.15) is 17.7 Å². The van der Waals surface area contributed by atoms with Gasteiger partial charge in [-0.3, -0.25) is 14.5 Å². The van der Waals surface area contributed by atoms with Crippen LogP contribution in [0.5, 0.6) is 0 Å². The fourth-order valence-corrected chi connectivity index (χ4v) is 3.67. The first-order valence-corrected chi connectivity index (χ1v) is 11.0. The highest BCUT2D eigenvalue weighted by Gasteiger charge is 2.11. The van der Waals surface area contributed by atoms with Crippen LogP contribution < -0.4 is 5.32 Å². The highest BCUT2D eigenvalue weighted by molar-refractivity contribution is 9.10. The van der Waals surface area contributed by atoms with E-state index in [2.05, 4.69) is 31.4 Å². The lowest BCUT2D eigenvalue weighted by molar-refractivity contribution is -0.121. The normalized spacial score (nSPS) is 10.9. The fraction of sp³-hybridized carbons (Fsp3) is 0.174. The van der Waals surface area contributed by atoms with Gasteiger partial charge >= 0.3 is 0 Å². The molecule has 158 valence electrons. The van der Waals surface area contributed by atoms with Gasteiger partial charge in [0.1, 0.15) is 11.5 Å². The van der Waals surface area contributed by atoms with E-state index in [1.807, 2.05) is 72.2 Å². The van der Waals surface area contributed by atoms with Gasteiger partial charge in [0.05, 0.1) is 6.54 Å². The average molecular weight is 497 g/mol. The van der Waals surface area contributed by atoms with E-state index in [-0.39, 0.29) is 12.3 Å². The zero-order chi connectivity index (χ0) is 21.8. The van der Waals surface area contributed by atoms with Crippen molar-refractivity contribution in [3.8, 4) is 22.7 Å². The molecule has 0 radical (unpaired) electrons. The van der Waals surface area contributed by atoms with Crippen molar-refractivity contribution in [2.24, 2.45) is 0 Å². The van der Waals surface area contributed by atoms with Gasteiger partial charge in [0.15, 0.2) is 10.6 Å². The number of hydrogen-bond acceptors (Lipinski definition) is 4. The van der Waals surface area contributed by atoms with Crippen molar-refractivity contribution in [3.05, 3.63) is 81.2 Å². The van der Waals surface area contributed by atoms with Crippen molar-refractivity contribution < 1.29 is 9.21 Å². The number of aromatic amines is 1. The molecule has 4 aromatic rings. The Morgan fingerprint density at radius 2 is 1.81 bits per heavy atom. The van der Waals surface area contributed by atoms with Crippen LogP contribution in [-0.4, -0.2) is 20.7 Å². The Labute approximate surface area is 193 Å². The second-order valence-corrected chi connectivity index (χ2v) is 8.47. The second kappa shape index (κ2) is 9.45. The summed E-state index contributed by atoms with van der Waals surface area (Å²) in [5, 5.41) is 10.0. The summed E-state index contributed by atoms with van der Waals surface area (Å²) in [6.07, 6.45) is 0.285. The maximum atomic E-state index is 12.4. The third kappa shape index (κ3) is 5.21. The van der Waals surface area contributed by atoms with Crippen LogP contribution in [0.25, 0.3) is 22.7 Å². The molecule has 0 fully saturated rings. The van der Waals surface area contributed by atoms with Crippen LogP contribution >= 0.6 is 28.1 Å². The quantitative estimate of drug-likeness (QED) is 0.324. The molecule has 0 saturated heterocycles. The number of hydrogen-bond donors (Lipinski definition) is 2. The Hall–Kier alpha value is -2.97. The number of nitrogens with zero attached hydrogens (tertiary/aromatic N) is 2. The molecule has 0 bridgehead atoms. The molecule has 0 saturated carbocycles. The standard InChI is InChI=1S/C23H21BrN4O2S/c1-15-2-4-17(5-3-15)22-26-27-23(31)28(22)13-12-21(29)25-14-19-10-11-20(30-19)16-6-8-18(24)9-7-16/h2-11H,12-14H2,1H3,(H,25,29)(H,27,31). The number of carbonyl (C=O) groups excluding carboxylic acids is 1. The first-order valence-electron chi connectivity index (χ1n) is 9.83. The molecule has 0 atom stereocenters.